The van der Waals surface area contributed by atoms with Gasteiger partial charge in [-0.2, -0.15) is 0 Å². The van der Waals surface area contributed by atoms with E-state index in [-0.39, 0.29) is 29.9 Å². The molecule has 0 radical (unpaired) electrons. The number of hydrogen-bond acceptors (Lipinski definition) is 2. The fraction of sp³-hybridized carbons (Fsp3) is 0.360. The van der Waals surface area contributed by atoms with E-state index in [1.54, 1.807) is 0 Å². The van der Waals surface area contributed by atoms with Crippen molar-refractivity contribution in [1.82, 2.24) is 15.1 Å². The molecule has 164 valence electrons. The Hall–Kier alpha value is -2.35. The van der Waals surface area contributed by atoms with Crippen LogP contribution in [0.2, 0.25) is 0 Å². The van der Waals surface area contributed by atoms with Gasteiger partial charge >= 0.3 is 0 Å². The van der Waals surface area contributed by atoms with Gasteiger partial charge in [-0.05, 0) is 35.1 Å². The zero-order valence-corrected chi connectivity index (χ0v) is 20.4. The van der Waals surface area contributed by atoms with Crippen LogP contribution in [0, 0.1) is 0 Å². The lowest BCUT2D eigenvalue weighted by molar-refractivity contribution is -0.128. The van der Waals surface area contributed by atoms with Crippen molar-refractivity contribution in [3.8, 4) is 0 Å². The van der Waals surface area contributed by atoms with Gasteiger partial charge in [0.15, 0.2) is 5.96 Å². The third-order valence-corrected chi connectivity index (χ3v) is 5.88. The molecule has 0 unspecified atom stereocenters. The molecule has 1 N–H and O–H groups in total. The van der Waals surface area contributed by atoms with Gasteiger partial charge in [0.25, 0.3) is 0 Å². The summed E-state index contributed by atoms with van der Waals surface area (Å²) in [4.78, 5) is 20.5. The number of rotatable bonds is 5. The molecule has 1 amide bonds. The Morgan fingerprint density at radius 1 is 1.00 bits per heavy atom. The average Bonchev–Trinajstić information content (AvgIpc) is 3.20. The third-order valence-electron chi connectivity index (χ3n) is 5.88. The largest absolute Gasteiger partial charge is 0.352 e. The second kappa shape index (κ2) is 11.3. The maximum atomic E-state index is 11.8. The maximum absolute atomic E-state index is 11.8. The molecule has 4 rings (SSSR count). The highest BCUT2D eigenvalue weighted by atomic mass is 127. The lowest BCUT2D eigenvalue weighted by Gasteiger charge is -2.30. The van der Waals surface area contributed by atoms with Crippen LogP contribution in [0.15, 0.2) is 65.7 Å². The fourth-order valence-electron chi connectivity index (χ4n) is 4.14. The molecular weight excluding hydrogens is 499 g/mol. The molecular formula is C25H31IN4O. The zero-order chi connectivity index (χ0) is 20.8. The Bertz CT molecular complexity index is 924. The molecule has 6 heteroatoms. The zero-order valence-electron chi connectivity index (χ0n) is 18.1. The van der Waals surface area contributed by atoms with E-state index in [1.807, 2.05) is 11.9 Å². The van der Waals surface area contributed by atoms with Crippen molar-refractivity contribution in [3.05, 3.63) is 77.4 Å². The summed E-state index contributed by atoms with van der Waals surface area (Å²) < 4.78 is 0. The number of likely N-dealkylation sites (tertiary alicyclic amines) is 1. The van der Waals surface area contributed by atoms with Crippen molar-refractivity contribution in [2.24, 2.45) is 4.99 Å². The monoisotopic (exact) mass is 530 g/mol. The molecule has 0 aromatic heterocycles. The van der Waals surface area contributed by atoms with Gasteiger partial charge in [0, 0.05) is 46.2 Å². The Morgan fingerprint density at radius 2 is 1.74 bits per heavy atom. The highest BCUT2D eigenvalue weighted by Crippen LogP contribution is 2.22. The smallest absolute Gasteiger partial charge is 0.222 e. The van der Waals surface area contributed by atoms with Crippen molar-refractivity contribution in [2.45, 2.75) is 32.4 Å². The lowest BCUT2D eigenvalue weighted by atomic mass is 10.00. The van der Waals surface area contributed by atoms with E-state index in [9.17, 15) is 4.79 Å². The summed E-state index contributed by atoms with van der Waals surface area (Å²) in [6.07, 6.45) is 5.01. The second-order valence-corrected chi connectivity index (χ2v) is 7.93. The maximum Gasteiger partial charge on any atom is 0.222 e. The Morgan fingerprint density at radius 3 is 2.35 bits per heavy atom. The lowest BCUT2D eigenvalue weighted by Crippen LogP contribution is -2.43. The number of nitrogens with one attached hydrogen (secondary N) is 1. The van der Waals surface area contributed by atoms with Gasteiger partial charge in [-0.15, -0.1) is 24.0 Å². The SMILES string of the molecule is CN=C(NCc1ccc(CN2CCCC2=O)cc1)N1CC=C(c2ccccc2)CC1.I. The van der Waals surface area contributed by atoms with Gasteiger partial charge in [0.05, 0.1) is 0 Å². The Balaban J connectivity index is 0.00000272. The first kappa shape index (κ1) is 23.3. The van der Waals surface area contributed by atoms with E-state index in [0.29, 0.717) is 6.42 Å². The van der Waals surface area contributed by atoms with Gasteiger partial charge in [-0.1, -0.05) is 60.7 Å². The molecule has 31 heavy (non-hydrogen) atoms. The summed E-state index contributed by atoms with van der Waals surface area (Å²) in [5, 5.41) is 3.49. The minimum atomic E-state index is 0. The van der Waals surface area contributed by atoms with E-state index < -0.39 is 0 Å². The van der Waals surface area contributed by atoms with E-state index in [1.165, 1.54) is 22.3 Å². The number of halogens is 1. The van der Waals surface area contributed by atoms with Crippen LogP contribution in [0.25, 0.3) is 5.57 Å². The van der Waals surface area contributed by atoms with Crippen molar-refractivity contribution in [2.75, 3.05) is 26.7 Å². The van der Waals surface area contributed by atoms with E-state index >= 15 is 0 Å². The van der Waals surface area contributed by atoms with Crippen LogP contribution in [0.5, 0.6) is 0 Å². The van der Waals surface area contributed by atoms with Gasteiger partial charge in [0.2, 0.25) is 5.91 Å². The van der Waals surface area contributed by atoms with Crippen LogP contribution in [0.3, 0.4) is 0 Å². The average molecular weight is 530 g/mol. The minimum Gasteiger partial charge on any atom is -0.352 e. The van der Waals surface area contributed by atoms with Crippen molar-refractivity contribution in [1.29, 1.82) is 0 Å². The number of carbonyl (C=O) groups excluding carboxylic acids is 1. The number of nitrogens with zero attached hydrogens (tertiary/aromatic N) is 3. The molecule has 5 nitrogen and oxygen atoms in total. The predicted molar refractivity (Wildman–Crippen MR) is 137 cm³/mol. The molecule has 2 aliphatic rings. The molecule has 2 aromatic rings. The highest BCUT2D eigenvalue weighted by Gasteiger charge is 2.20. The Labute approximate surface area is 202 Å². The van der Waals surface area contributed by atoms with Crippen LogP contribution < -0.4 is 5.32 Å². The summed E-state index contributed by atoms with van der Waals surface area (Å²) in [6.45, 7) is 4.17. The third kappa shape index (κ3) is 6.09. The summed E-state index contributed by atoms with van der Waals surface area (Å²) in [7, 11) is 1.84. The molecule has 0 aliphatic carbocycles. The first-order chi connectivity index (χ1) is 14.7. The number of amides is 1. The predicted octanol–water partition coefficient (Wildman–Crippen LogP) is 4.29. The first-order valence-corrected chi connectivity index (χ1v) is 10.8. The van der Waals surface area contributed by atoms with Crippen molar-refractivity contribution >= 4 is 41.4 Å². The summed E-state index contributed by atoms with van der Waals surface area (Å²) in [5.41, 5.74) is 5.13. The number of hydrogen-bond donors (Lipinski definition) is 1. The number of aliphatic imine (C=N–C) groups is 1. The molecule has 2 aliphatic heterocycles. The first-order valence-electron chi connectivity index (χ1n) is 10.8. The van der Waals surface area contributed by atoms with Gasteiger partial charge in [0.1, 0.15) is 0 Å². The van der Waals surface area contributed by atoms with E-state index in [4.69, 9.17) is 0 Å². The van der Waals surface area contributed by atoms with Crippen LogP contribution in [-0.4, -0.2) is 48.3 Å². The molecule has 0 bridgehead atoms. The molecule has 1 saturated heterocycles. The molecule has 2 heterocycles. The Kier molecular flexibility index (Phi) is 8.51. The number of benzene rings is 2. The van der Waals surface area contributed by atoms with Gasteiger partial charge < -0.3 is 15.1 Å². The van der Waals surface area contributed by atoms with Crippen LogP contribution in [-0.2, 0) is 17.9 Å². The normalized spacial score (nSPS) is 16.7. The minimum absolute atomic E-state index is 0. The standard InChI is InChI=1S/C25H30N4O.HI/c1-26-25(28-16-13-23(14-17-28)22-6-3-2-4-7-22)27-18-20-9-11-21(12-10-20)19-29-15-5-8-24(29)30;/h2-4,6-7,9-13H,5,8,14-19H2,1H3,(H,26,27);1H. The van der Waals surface area contributed by atoms with Crippen LogP contribution in [0.1, 0.15) is 36.0 Å². The molecule has 0 saturated carbocycles. The quantitative estimate of drug-likeness (QED) is 0.357. The number of guanidine groups is 1. The molecule has 2 aromatic carbocycles. The van der Waals surface area contributed by atoms with Crippen LogP contribution in [0.4, 0.5) is 0 Å². The fourth-order valence-corrected chi connectivity index (χ4v) is 4.14. The second-order valence-electron chi connectivity index (χ2n) is 7.93. The molecule has 0 atom stereocenters. The van der Waals surface area contributed by atoms with Crippen molar-refractivity contribution in [3.63, 3.8) is 0 Å². The van der Waals surface area contributed by atoms with Gasteiger partial charge in [-0.3, -0.25) is 9.79 Å². The topological polar surface area (TPSA) is 47.9 Å². The summed E-state index contributed by atoms with van der Waals surface area (Å²) in [6, 6.07) is 19.1. The highest BCUT2D eigenvalue weighted by molar-refractivity contribution is 14.0. The van der Waals surface area contributed by atoms with Gasteiger partial charge in [-0.25, -0.2) is 0 Å². The van der Waals surface area contributed by atoms with Crippen LogP contribution >= 0.6 is 24.0 Å². The van der Waals surface area contributed by atoms with Crippen molar-refractivity contribution < 1.29 is 4.79 Å². The molecule has 0 spiro atoms. The van der Waals surface area contributed by atoms with E-state index in [2.05, 4.69) is 75.9 Å². The summed E-state index contributed by atoms with van der Waals surface area (Å²) >= 11 is 0. The number of carbonyl (C=O) groups is 1. The summed E-state index contributed by atoms with van der Waals surface area (Å²) in [5.74, 6) is 1.21. The molecule has 1 fully saturated rings. The van der Waals surface area contributed by atoms with E-state index in [0.717, 1.165) is 51.5 Å².